The molecule has 5 heteroatoms. The third-order valence-corrected chi connectivity index (χ3v) is 6.40. The van der Waals surface area contributed by atoms with Crippen LogP contribution in [-0.2, 0) is 10.2 Å². The summed E-state index contributed by atoms with van der Waals surface area (Å²) in [6.07, 6.45) is 3.08. The molecule has 0 radical (unpaired) electrons. The van der Waals surface area contributed by atoms with E-state index >= 15 is 0 Å². The Balaban J connectivity index is 1.86. The van der Waals surface area contributed by atoms with Gasteiger partial charge in [-0.3, -0.25) is 10.0 Å². The Kier molecular flexibility index (Phi) is 4.13. The number of carbonyl (C=O) groups excluding carboxylic acids is 1. The minimum Gasteiger partial charge on any atom is -0.289 e. The van der Waals surface area contributed by atoms with Gasteiger partial charge in [-0.2, -0.15) is 0 Å². The van der Waals surface area contributed by atoms with Crippen molar-refractivity contribution in [3.63, 3.8) is 0 Å². The van der Waals surface area contributed by atoms with E-state index in [-0.39, 0.29) is 5.82 Å². The molecule has 132 valence electrons. The van der Waals surface area contributed by atoms with Crippen molar-refractivity contribution < 1.29 is 14.4 Å². The molecular formula is C21H18FNO2S. The fourth-order valence-corrected chi connectivity index (χ4v) is 4.92. The largest absolute Gasteiger partial charge is 0.289 e. The molecule has 0 bridgehead atoms. The standard InChI is InChI=1S/C21H18FNO2S/c1-13-16(6-4-7-17(13)22)21(20(24)23-25)10-9-15(12-21)19-11-14-5-2-3-8-18(14)26-19/h2-8,11-12,25H,9-10H2,1H3,(H,23,24)/t21-/m0/s1. The third-order valence-electron chi connectivity index (χ3n) is 5.21. The van der Waals surface area contributed by atoms with Crippen LogP contribution in [0, 0.1) is 12.7 Å². The Bertz CT molecular complexity index is 1010. The maximum absolute atomic E-state index is 14.1. The average Bonchev–Trinajstić information content (AvgIpc) is 3.28. The summed E-state index contributed by atoms with van der Waals surface area (Å²) in [6.45, 7) is 1.67. The van der Waals surface area contributed by atoms with E-state index in [1.165, 1.54) is 16.2 Å². The van der Waals surface area contributed by atoms with Gasteiger partial charge in [-0.15, -0.1) is 11.3 Å². The molecule has 3 nitrogen and oxygen atoms in total. The maximum atomic E-state index is 14.1. The van der Waals surface area contributed by atoms with Gasteiger partial charge in [0.1, 0.15) is 5.82 Å². The molecule has 0 unspecified atom stereocenters. The van der Waals surface area contributed by atoms with Gasteiger partial charge in [0.15, 0.2) is 0 Å². The van der Waals surface area contributed by atoms with Gasteiger partial charge < -0.3 is 0 Å². The number of halogens is 1. The monoisotopic (exact) mass is 367 g/mol. The van der Waals surface area contributed by atoms with Crippen molar-refractivity contribution in [1.82, 2.24) is 5.48 Å². The molecule has 1 amide bonds. The Labute approximate surface area is 154 Å². The molecule has 2 N–H and O–H groups in total. The lowest BCUT2D eigenvalue weighted by Crippen LogP contribution is -2.41. The van der Waals surface area contributed by atoms with E-state index in [0.717, 1.165) is 10.5 Å². The second-order valence-corrected chi connectivity index (χ2v) is 7.73. The van der Waals surface area contributed by atoms with Crippen LogP contribution in [0.15, 0.2) is 54.6 Å². The van der Waals surface area contributed by atoms with Crippen LogP contribution >= 0.6 is 11.3 Å². The number of rotatable bonds is 3. The van der Waals surface area contributed by atoms with Crippen molar-refractivity contribution in [2.24, 2.45) is 0 Å². The highest BCUT2D eigenvalue weighted by atomic mass is 32.1. The van der Waals surface area contributed by atoms with Gasteiger partial charge in [0.05, 0.1) is 5.41 Å². The summed E-state index contributed by atoms with van der Waals surface area (Å²) >= 11 is 1.68. The van der Waals surface area contributed by atoms with Crippen molar-refractivity contribution in [2.75, 3.05) is 0 Å². The lowest BCUT2D eigenvalue weighted by atomic mass is 9.77. The number of fused-ring (bicyclic) bond motifs is 1. The van der Waals surface area contributed by atoms with E-state index in [0.29, 0.717) is 24.0 Å². The highest BCUT2D eigenvalue weighted by molar-refractivity contribution is 7.20. The van der Waals surface area contributed by atoms with Gasteiger partial charge in [-0.25, -0.2) is 9.87 Å². The molecule has 0 saturated heterocycles. The molecule has 1 heterocycles. The minimum absolute atomic E-state index is 0.351. The molecule has 1 aliphatic carbocycles. The number of hydrogen-bond donors (Lipinski definition) is 2. The van der Waals surface area contributed by atoms with Crippen LogP contribution in [-0.4, -0.2) is 11.1 Å². The Morgan fingerprint density at radius 3 is 2.81 bits per heavy atom. The van der Waals surface area contributed by atoms with Gasteiger partial charge in [-0.05, 0) is 60.1 Å². The van der Waals surface area contributed by atoms with Gasteiger partial charge in [0.25, 0.3) is 5.91 Å². The summed E-state index contributed by atoms with van der Waals surface area (Å²) in [5, 5.41) is 10.5. The van der Waals surface area contributed by atoms with Crippen LogP contribution in [0.2, 0.25) is 0 Å². The minimum atomic E-state index is -1.06. The van der Waals surface area contributed by atoms with E-state index < -0.39 is 11.3 Å². The first kappa shape index (κ1) is 16.9. The molecule has 1 atom stereocenters. The fraction of sp³-hybridized carbons (Fsp3) is 0.190. The normalized spacial score (nSPS) is 19.6. The summed E-state index contributed by atoms with van der Waals surface area (Å²) in [4.78, 5) is 13.7. The topological polar surface area (TPSA) is 49.3 Å². The molecule has 4 rings (SSSR count). The quantitative estimate of drug-likeness (QED) is 0.507. The predicted octanol–water partition coefficient (Wildman–Crippen LogP) is 4.97. The first-order valence-electron chi connectivity index (χ1n) is 8.46. The molecular weight excluding hydrogens is 349 g/mol. The van der Waals surface area contributed by atoms with Gasteiger partial charge in [0, 0.05) is 9.58 Å². The number of carbonyl (C=O) groups is 1. The molecule has 3 aromatic rings. The number of hydrogen-bond acceptors (Lipinski definition) is 3. The number of hydroxylamine groups is 1. The van der Waals surface area contributed by atoms with E-state index in [1.807, 2.05) is 18.2 Å². The maximum Gasteiger partial charge on any atom is 0.257 e. The molecule has 0 fully saturated rings. The summed E-state index contributed by atoms with van der Waals surface area (Å²) < 4.78 is 15.3. The Hall–Kier alpha value is -2.50. The second kappa shape index (κ2) is 6.34. The molecule has 2 aromatic carbocycles. The SMILES string of the molecule is Cc1c(F)cccc1[C@@]1(C(=O)NO)C=C(c2cc3ccccc3s2)CC1. The zero-order valence-electron chi connectivity index (χ0n) is 14.3. The Morgan fingerprint density at radius 2 is 2.04 bits per heavy atom. The zero-order chi connectivity index (χ0) is 18.3. The van der Waals surface area contributed by atoms with Crippen molar-refractivity contribution in [1.29, 1.82) is 0 Å². The van der Waals surface area contributed by atoms with Crippen molar-refractivity contribution in [3.8, 4) is 0 Å². The second-order valence-electron chi connectivity index (χ2n) is 6.64. The zero-order valence-corrected chi connectivity index (χ0v) is 15.1. The van der Waals surface area contributed by atoms with E-state index in [1.54, 1.807) is 35.9 Å². The van der Waals surface area contributed by atoms with Crippen LogP contribution < -0.4 is 5.48 Å². The van der Waals surface area contributed by atoms with Crippen molar-refractivity contribution >= 4 is 32.9 Å². The highest BCUT2D eigenvalue weighted by Gasteiger charge is 2.43. The molecule has 26 heavy (non-hydrogen) atoms. The molecule has 0 spiro atoms. The number of thiophene rings is 1. The summed E-state index contributed by atoms with van der Waals surface area (Å²) in [6, 6.07) is 15.0. The summed E-state index contributed by atoms with van der Waals surface area (Å²) in [5.41, 5.74) is 2.81. The van der Waals surface area contributed by atoms with Crippen LogP contribution in [0.5, 0.6) is 0 Å². The first-order chi connectivity index (χ1) is 12.5. The summed E-state index contributed by atoms with van der Waals surface area (Å²) in [7, 11) is 0. The van der Waals surface area contributed by atoms with Crippen molar-refractivity contribution in [3.05, 3.63) is 76.4 Å². The fourth-order valence-electron chi connectivity index (χ4n) is 3.81. The number of amides is 1. The van der Waals surface area contributed by atoms with Crippen LogP contribution in [0.4, 0.5) is 4.39 Å². The van der Waals surface area contributed by atoms with Gasteiger partial charge >= 0.3 is 0 Å². The third kappa shape index (κ3) is 2.55. The van der Waals surface area contributed by atoms with E-state index in [4.69, 9.17) is 0 Å². The average molecular weight is 367 g/mol. The smallest absolute Gasteiger partial charge is 0.257 e. The lowest BCUT2D eigenvalue weighted by molar-refractivity contribution is -0.133. The number of allylic oxidation sites excluding steroid dienone is 1. The Morgan fingerprint density at radius 1 is 1.23 bits per heavy atom. The highest BCUT2D eigenvalue weighted by Crippen LogP contribution is 2.46. The van der Waals surface area contributed by atoms with Crippen LogP contribution in [0.3, 0.4) is 0 Å². The number of nitrogens with one attached hydrogen (secondary N) is 1. The number of benzene rings is 2. The summed E-state index contributed by atoms with van der Waals surface area (Å²) in [5.74, 6) is -0.876. The van der Waals surface area contributed by atoms with Crippen molar-refractivity contribution in [2.45, 2.75) is 25.2 Å². The van der Waals surface area contributed by atoms with Gasteiger partial charge in [-0.1, -0.05) is 36.4 Å². The van der Waals surface area contributed by atoms with E-state index in [9.17, 15) is 14.4 Å². The van der Waals surface area contributed by atoms with E-state index in [2.05, 4.69) is 18.2 Å². The lowest BCUT2D eigenvalue weighted by Gasteiger charge is -2.27. The van der Waals surface area contributed by atoms with Gasteiger partial charge in [0.2, 0.25) is 0 Å². The molecule has 1 aromatic heterocycles. The predicted molar refractivity (Wildman–Crippen MR) is 102 cm³/mol. The molecule has 1 aliphatic rings. The molecule has 0 saturated carbocycles. The molecule has 0 aliphatic heterocycles. The van der Waals surface area contributed by atoms with Crippen LogP contribution in [0.25, 0.3) is 15.7 Å². The van der Waals surface area contributed by atoms with Crippen LogP contribution in [0.1, 0.15) is 28.8 Å². The first-order valence-corrected chi connectivity index (χ1v) is 9.27.